The first-order valence-electron chi connectivity index (χ1n) is 14.0. The van der Waals surface area contributed by atoms with E-state index in [0.717, 1.165) is 38.8 Å². The number of aryl methyl sites for hydroxylation is 1. The lowest BCUT2D eigenvalue weighted by atomic mass is 9.81. The Labute approximate surface area is 221 Å². The maximum Gasteiger partial charge on any atom is 0.255 e. The van der Waals surface area contributed by atoms with E-state index < -0.39 is 35.8 Å². The van der Waals surface area contributed by atoms with Gasteiger partial charge < -0.3 is 15.0 Å². The Morgan fingerprint density at radius 3 is 2.53 bits per heavy atom. The van der Waals surface area contributed by atoms with Crippen molar-refractivity contribution in [3.05, 3.63) is 34.1 Å². The minimum atomic E-state index is -1.21. The number of benzene rings is 1. The summed E-state index contributed by atoms with van der Waals surface area (Å²) in [5.74, 6) is -2.41. The molecule has 1 aromatic carbocycles. The Kier molecular flexibility index (Phi) is 6.98. The number of ether oxygens (including phenoxy) is 1. The molecule has 1 aliphatic carbocycles. The van der Waals surface area contributed by atoms with Crippen LogP contribution in [-0.4, -0.2) is 84.2 Å². The van der Waals surface area contributed by atoms with E-state index >= 15 is 8.78 Å². The van der Waals surface area contributed by atoms with Crippen LogP contribution in [0.15, 0.2) is 6.07 Å². The van der Waals surface area contributed by atoms with Crippen LogP contribution in [0.3, 0.4) is 0 Å². The van der Waals surface area contributed by atoms with Crippen molar-refractivity contribution < 1.29 is 27.9 Å². The molecular formula is C28H36F2N4O4. The SMILES string of the molecule is Cc1cc([C@@H]2CCN(C3CC(OC4CCNCC4)C3)C[C@@H]2F)c(F)c2c1C(=O)N([C@H]1CCC(=O)NC1=O)C2. The predicted molar refractivity (Wildman–Crippen MR) is 135 cm³/mol. The van der Waals surface area contributed by atoms with Gasteiger partial charge in [-0.15, -0.1) is 0 Å². The van der Waals surface area contributed by atoms with Gasteiger partial charge in [0, 0.05) is 30.5 Å². The number of piperidine rings is 3. The van der Waals surface area contributed by atoms with Gasteiger partial charge in [-0.2, -0.15) is 0 Å². The van der Waals surface area contributed by atoms with Crippen molar-refractivity contribution in [1.82, 2.24) is 20.4 Å². The molecule has 6 rings (SSSR count). The van der Waals surface area contributed by atoms with Crippen molar-refractivity contribution in [1.29, 1.82) is 0 Å². The highest BCUT2D eigenvalue weighted by atomic mass is 19.1. The third-order valence-corrected chi connectivity index (χ3v) is 9.21. The quantitative estimate of drug-likeness (QED) is 0.568. The summed E-state index contributed by atoms with van der Waals surface area (Å²) in [7, 11) is 0. The molecule has 3 amide bonds. The van der Waals surface area contributed by atoms with Gasteiger partial charge in [-0.3, -0.25) is 24.6 Å². The predicted octanol–water partition coefficient (Wildman–Crippen LogP) is 2.32. The molecule has 5 aliphatic rings. The molecule has 0 radical (unpaired) electrons. The second-order valence-corrected chi connectivity index (χ2v) is 11.6. The molecule has 3 saturated heterocycles. The first-order valence-corrected chi connectivity index (χ1v) is 14.0. The Balaban J connectivity index is 1.10. The molecule has 0 bridgehead atoms. The van der Waals surface area contributed by atoms with Gasteiger partial charge in [0.15, 0.2) is 0 Å². The number of amides is 3. The van der Waals surface area contributed by atoms with Crippen molar-refractivity contribution in [3.63, 3.8) is 0 Å². The van der Waals surface area contributed by atoms with E-state index in [4.69, 9.17) is 4.74 Å². The summed E-state index contributed by atoms with van der Waals surface area (Å²) in [6.07, 6.45) is 4.17. The van der Waals surface area contributed by atoms with Crippen molar-refractivity contribution in [2.24, 2.45) is 0 Å². The standard InChI is InChI=1S/C28H36F2N4O4/c1-15-10-20(26(30)21-13-34(28(37)25(15)21)23-2-3-24(35)32-27(23)36)19-6-9-33(14-22(19)29)16-11-18(12-16)38-17-4-7-31-8-5-17/h10,16-19,22-23,31H,2-9,11-14H2,1H3,(H,32,35,36)/t16?,18?,19-,22-,23-/m0/s1. The molecule has 8 nitrogen and oxygen atoms in total. The van der Waals surface area contributed by atoms with Gasteiger partial charge in [-0.05, 0) is 76.2 Å². The molecule has 4 aliphatic heterocycles. The van der Waals surface area contributed by atoms with E-state index in [9.17, 15) is 14.4 Å². The van der Waals surface area contributed by atoms with Crippen LogP contribution in [0.2, 0.25) is 0 Å². The largest absolute Gasteiger partial charge is 0.375 e. The number of halogens is 2. The number of carbonyl (C=O) groups excluding carboxylic acids is 3. The first kappa shape index (κ1) is 25.8. The molecule has 2 N–H and O–H groups in total. The molecule has 1 aromatic rings. The van der Waals surface area contributed by atoms with E-state index in [1.165, 1.54) is 4.90 Å². The molecule has 4 fully saturated rings. The third-order valence-electron chi connectivity index (χ3n) is 9.21. The smallest absolute Gasteiger partial charge is 0.255 e. The number of likely N-dealkylation sites (tertiary alicyclic amines) is 1. The van der Waals surface area contributed by atoms with Gasteiger partial charge in [0.1, 0.15) is 18.0 Å². The fourth-order valence-corrected chi connectivity index (χ4v) is 6.98. The molecule has 3 atom stereocenters. The zero-order chi connectivity index (χ0) is 26.6. The van der Waals surface area contributed by atoms with Crippen LogP contribution in [0.1, 0.15) is 77.9 Å². The molecule has 0 unspecified atom stereocenters. The number of hydrogen-bond donors (Lipinski definition) is 2. The van der Waals surface area contributed by atoms with Crippen LogP contribution in [0, 0.1) is 12.7 Å². The number of fused-ring (bicyclic) bond motifs is 1. The van der Waals surface area contributed by atoms with Gasteiger partial charge in [0.2, 0.25) is 11.8 Å². The fourth-order valence-electron chi connectivity index (χ4n) is 6.98. The number of hydrogen-bond acceptors (Lipinski definition) is 6. The lowest BCUT2D eigenvalue weighted by molar-refractivity contribution is -0.136. The summed E-state index contributed by atoms with van der Waals surface area (Å²) in [5, 5.41) is 5.61. The molecule has 4 heterocycles. The number of imide groups is 1. The highest BCUT2D eigenvalue weighted by molar-refractivity contribution is 6.06. The molecule has 206 valence electrons. The third kappa shape index (κ3) is 4.64. The van der Waals surface area contributed by atoms with Crippen molar-refractivity contribution in [2.75, 3.05) is 26.2 Å². The van der Waals surface area contributed by atoms with Crippen LogP contribution in [0.25, 0.3) is 0 Å². The van der Waals surface area contributed by atoms with E-state index in [2.05, 4.69) is 15.5 Å². The van der Waals surface area contributed by atoms with Crippen LogP contribution >= 0.6 is 0 Å². The number of nitrogens with one attached hydrogen (secondary N) is 2. The molecule has 0 aromatic heterocycles. The lowest BCUT2D eigenvalue weighted by Crippen LogP contribution is -2.54. The molecule has 10 heteroatoms. The van der Waals surface area contributed by atoms with Gasteiger partial charge in [0.05, 0.1) is 24.3 Å². The zero-order valence-electron chi connectivity index (χ0n) is 21.8. The first-order chi connectivity index (χ1) is 18.3. The van der Waals surface area contributed by atoms with Crippen LogP contribution < -0.4 is 10.6 Å². The summed E-state index contributed by atoms with van der Waals surface area (Å²) in [6.45, 7) is 4.67. The average molecular weight is 531 g/mol. The van der Waals surface area contributed by atoms with Crippen LogP contribution in [-0.2, 0) is 20.9 Å². The van der Waals surface area contributed by atoms with Crippen LogP contribution in [0.5, 0.6) is 0 Å². The summed E-state index contributed by atoms with van der Waals surface area (Å²) < 4.78 is 37.6. The van der Waals surface area contributed by atoms with Gasteiger partial charge in [-0.25, -0.2) is 8.78 Å². The minimum Gasteiger partial charge on any atom is -0.375 e. The normalized spacial score (nSPS) is 32.8. The maximum absolute atomic E-state index is 15.9. The zero-order valence-corrected chi connectivity index (χ0v) is 21.8. The van der Waals surface area contributed by atoms with E-state index in [1.807, 2.05) is 0 Å². The molecular weight excluding hydrogens is 494 g/mol. The average Bonchev–Trinajstić information content (AvgIpc) is 3.22. The summed E-state index contributed by atoms with van der Waals surface area (Å²) in [6, 6.07) is 1.13. The lowest BCUT2D eigenvalue weighted by Gasteiger charge is -2.47. The van der Waals surface area contributed by atoms with E-state index in [0.29, 0.717) is 36.2 Å². The monoisotopic (exact) mass is 530 g/mol. The molecule has 1 saturated carbocycles. The topological polar surface area (TPSA) is 91.0 Å². The van der Waals surface area contributed by atoms with E-state index in [-0.39, 0.29) is 49.1 Å². The minimum absolute atomic E-state index is 0.0444. The van der Waals surface area contributed by atoms with Crippen molar-refractivity contribution >= 4 is 17.7 Å². The second kappa shape index (κ2) is 10.3. The number of nitrogens with zero attached hydrogens (tertiary/aromatic N) is 2. The highest BCUT2D eigenvalue weighted by Gasteiger charge is 2.44. The number of alkyl halides is 1. The van der Waals surface area contributed by atoms with Gasteiger partial charge in [0.25, 0.3) is 5.91 Å². The number of rotatable bonds is 5. The van der Waals surface area contributed by atoms with Gasteiger partial charge in [-0.1, -0.05) is 6.07 Å². The van der Waals surface area contributed by atoms with E-state index in [1.54, 1.807) is 13.0 Å². The Bertz CT molecular complexity index is 1130. The van der Waals surface area contributed by atoms with Crippen molar-refractivity contribution in [3.8, 4) is 0 Å². The molecule has 0 spiro atoms. The summed E-state index contributed by atoms with van der Waals surface area (Å²) in [5.41, 5.74) is 1.43. The van der Waals surface area contributed by atoms with Gasteiger partial charge >= 0.3 is 0 Å². The maximum atomic E-state index is 15.9. The summed E-state index contributed by atoms with van der Waals surface area (Å²) in [4.78, 5) is 40.6. The molecule has 38 heavy (non-hydrogen) atoms. The Morgan fingerprint density at radius 2 is 1.82 bits per heavy atom. The Hall–Kier alpha value is -2.43. The Morgan fingerprint density at radius 1 is 1.05 bits per heavy atom. The second-order valence-electron chi connectivity index (χ2n) is 11.6. The fraction of sp³-hybridized carbons (Fsp3) is 0.679. The summed E-state index contributed by atoms with van der Waals surface area (Å²) >= 11 is 0. The number of carbonyl (C=O) groups is 3. The highest BCUT2D eigenvalue weighted by Crippen LogP contribution is 2.41. The van der Waals surface area contributed by atoms with Crippen LogP contribution in [0.4, 0.5) is 8.78 Å². The van der Waals surface area contributed by atoms with Crippen molar-refractivity contribution in [2.45, 2.75) is 94.8 Å².